The number of anilines is 17. The highest BCUT2D eigenvalue weighted by Crippen LogP contribution is 2.54. The Morgan fingerprint density at radius 1 is 0.281 bits per heavy atom. The van der Waals surface area contributed by atoms with Crippen molar-refractivity contribution in [1.29, 1.82) is 0 Å². The molecule has 8 heterocycles. The summed E-state index contributed by atoms with van der Waals surface area (Å²) in [5.74, 6) is 4.96. The van der Waals surface area contributed by atoms with Crippen molar-refractivity contribution in [3.63, 3.8) is 0 Å². The van der Waals surface area contributed by atoms with E-state index < -0.39 is 0 Å². The second-order valence-electron chi connectivity index (χ2n) is 31.1. The van der Waals surface area contributed by atoms with Crippen molar-refractivity contribution in [3.05, 3.63) is 349 Å². The molecule has 0 atom stereocenters. The van der Waals surface area contributed by atoms with Crippen molar-refractivity contribution in [1.82, 2.24) is 0 Å². The molecule has 1 N–H and O–H groups in total. The van der Waals surface area contributed by atoms with Crippen LogP contribution in [0.2, 0.25) is 0 Å². The molecule has 114 heavy (non-hydrogen) atoms. The minimum atomic E-state index is -0.360. The number of rotatable bonds is 11. The Kier molecular flexibility index (Phi) is 14.9. The van der Waals surface area contributed by atoms with Gasteiger partial charge in [0.2, 0.25) is 0 Å². The Hall–Kier alpha value is -13.4. The Morgan fingerprint density at radius 2 is 0.640 bits per heavy atom. The second-order valence-corrected chi connectivity index (χ2v) is 33.3. The number of nitrogens with zero attached hydrogens (tertiary/aromatic N) is 5. The van der Waals surface area contributed by atoms with Crippen LogP contribution >= 0.6 is 22.7 Å². The monoisotopic (exact) mass is 1500 g/mol. The number of nitrogens with one attached hydrogen (secondary N) is 1. The first-order valence-corrected chi connectivity index (χ1v) is 40.8. The van der Waals surface area contributed by atoms with Gasteiger partial charge in [0.1, 0.15) is 34.5 Å². The maximum absolute atomic E-state index is 7.88. The summed E-state index contributed by atoms with van der Waals surface area (Å²) in [5, 5.41) is 6.48. The molecule has 0 aliphatic carbocycles. The molecule has 0 unspecified atom stereocenters. The Labute approximate surface area is 671 Å². The van der Waals surface area contributed by atoms with Crippen LogP contribution in [-0.4, -0.2) is 20.1 Å². The van der Waals surface area contributed by atoms with Crippen molar-refractivity contribution in [2.75, 3.05) is 29.8 Å². The number of para-hydroxylation sites is 6. The van der Waals surface area contributed by atoms with Crippen LogP contribution in [0.1, 0.15) is 33.4 Å². The first-order valence-electron chi connectivity index (χ1n) is 39.2. The van der Waals surface area contributed by atoms with Crippen LogP contribution in [0, 0.1) is 41.5 Å². The van der Waals surface area contributed by atoms with E-state index in [0.29, 0.717) is 0 Å². The van der Waals surface area contributed by atoms with Gasteiger partial charge in [-0.05, 0) is 218 Å². The lowest BCUT2D eigenvalue weighted by atomic mass is 9.30. The standard InChI is InChI=1S/C100H71B3N6O3S2/c1-59-45-61(3)95(62(4)46-59)108-82-57-80-76(102-92-81(104-80)49-71(105(65-29-13-7-14-30-65)66-31-15-8-16-32-66)52-87(92)111-97-74-41-25-27-43-90(74)113-99(97)102)55-77(82)101-78-56-79-86(58-83(78)109(96-63(5)47-60(2)48-64(96)6)85-51-72(50-84(108)93(85)101)106(67-33-17-9-18-34-67)68-35-19-10-20-36-68)110-88-53-73(107(69-37-21-11-22-38-69)70-39-23-12-24-40-70)54-89-94(88)103(79)100-98(112-89)75-42-26-28-44-91(75)114-100/h7-58,104H,1-6H3. The van der Waals surface area contributed by atoms with E-state index in [0.717, 1.165) is 163 Å². The predicted octanol–water partition coefficient (Wildman–Crippen LogP) is 21.9. The largest absolute Gasteiger partial charge is 0.458 e. The molecule has 23 rings (SSSR count). The summed E-state index contributed by atoms with van der Waals surface area (Å²) in [6, 6.07) is 116. The highest BCUT2D eigenvalue weighted by Gasteiger charge is 2.51. The molecule has 0 spiro atoms. The van der Waals surface area contributed by atoms with Gasteiger partial charge in [-0.1, -0.05) is 181 Å². The smallest absolute Gasteiger partial charge is 0.273 e. The van der Waals surface area contributed by atoms with E-state index in [9.17, 15) is 0 Å². The molecule has 6 aliphatic rings. The van der Waals surface area contributed by atoms with E-state index in [2.05, 4.69) is 387 Å². The number of hydrogen-bond acceptors (Lipinski definition) is 11. The van der Waals surface area contributed by atoms with Gasteiger partial charge in [0.05, 0.1) is 28.4 Å². The zero-order valence-electron chi connectivity index (χ0n) is 63.5. The summed E-state index contributed by atoms with van der Waals surface area (Å²) in [6.45, 7) is 12.8. The normalized spacial score (nSPS) is 13.2. The van der Waals surface area contributed by atoms with Gasteiger partial charge in [0.15, 0.2) is 0 Å². The molecule has 14 heteroatoms. The molecule has 2 aromatic heterocycles. The summed E-state index contributed by atoms with van der Waals surface area (Å²) < 4.78 is 27.6. The van der Waals surface area contributed by atoms with E-state index in [1.807, 2.05) is 22.7 Å². The maximum atomic E-state index is 7.88. The number of ether oxygens (including phenoxy) is 3. The van der Waals surface area contributed by atoms with Crippen LogP contribution in [0.25, 0.3) is 20.2 Å². The lowest BCUT2D eigenvalue weighted by Gasteiger charge is -2.47. The molecule has 17 aromatic rings. The fourth-order valence-corrected chi connectivity index (χ4v) is 22.1. The summed E-state index contributed by atoms with van der Waals surface area (Å²) in [6.07, 6.45) is 0. The quantitative estimate of drug-likeness (QED) is 0.128. The third-order valence-corrected chi connectivity index (χ3v) is 26.4. The lowest BCUT2D eigenvalue weighted by Crippen LogP contribution is -2.65. The third-order valence-electron chi connectivity index (χ3n) is 23.9. The highest BCUT2D eigenvalue weighted by atomic mass is 32.1. The van der Waals surface area contributed by atoms with Gasteiger partial charge >= 0.3 is 0 Å². The topological polar surface area (TPSA) is 55.9 Å². The van der Waals surface area contributed by atoms with E-state index in [1.165, 1.54) is 69.4 Å². The number of hydrogen-bond donors (Lipinski definition) is 1. The van der Waals surface area contributed by atoms with Gasteiger partial charge in [-0.2, -0.15) is 0 Å². The number of thiophene rings is 2. The van der Waals surface area contributed by atoms with Crippen LogP contribution < -0.4 is 91.8 Å². The molecule has 0 saturated heterocycles. The van der Waals surface area contributed by atoms with Gasteiger partial charge in [-0.3, -0.25) is 0 Å². The zero-order chi connectivity index (χ0) is 75.9. The van der Waals surface area contributed by atoms with Crippen molar-refractivity contribution < 1.29 is 14.2 Å². The molecule has 0 bridgehead atoms. The maximum Gasteiger partial charge on any atom is 0.273 e. The average molecular weight is 1500 g/mol. The minimum Gasteiger partial charge on any atom is -0.458 e. The van der Waals surface area contributed by atoms with Crippen molar-refractivity contribution in [2.45, 2.75) is 41.5 Å². The van der Waals surface area contributed by atoms with Crippen LogP contribution in [0.5, 0.6) is 34.5 Å². The Bertz CT molecular complexity index is 6350. The van der Waals surface area contributed by atoms with Gasteiger partial charge in [0, 0.05) is 128 Å². The fraction of sp³-hybridized carbons (Fsp3) is 0.0600. The lowest BCUT2D eigenvalue weighted by molar-refractivity contribution is 0.468. The van der Waals surface area contributed by atoms with Gasteiger partial charge < -0.3 is 44.0 Å². The molecule has 0 amide bonds. The summed E-state index contributed by atoms with van der Waals surface area (Å²) in [5.41, 5.74) is 32.9. The molecule has 540 valence electrons. The summed E-state index contributed by atoms with van der Waals surface area (Å²) in [7, 11) is 0. The van der Waals surface area contributed by atoms with Crippen LogP contribution in [-0.2, 0) is 0 Å². The molecule has 0 saturated carbocycles. The van der Waals surface area contributed by atoms with Crippen LogP contribution in [0.15, 0.2) is 315 Å². The van der Waals surface area contributed by atoms with E-state index in [4.69, 9.17) is 14.2 Å². The first kappa shape index (κ1) is 66.4. The van der Waals surface area contributed by atoms with E-state index in [-0.39, 0.29) is 20.1 Å². The Balaban J connectivity index is 0.835. The summed E-state index contributed by atoms with van der Waals surface area (Å²) >= 11 is 3.68. The molecule has 0 radical (unpaired) electrons. The number of fused-ring (bicyclic) bond motifs is 16. The second kappa shape index (κ2) is 25.6. The first-order chi connectivity index (χ1) is 56.0. The van der Waals surface area contributed by atoms with E-state index >= 15 is 0 Å². The van der Waals surface area contributed by atoms with Crippen molar-refractivity contribution in [3.8, 4) is 34.5 Å². The highest BCUT2D eigenvalue weighted by molar-refractivity contribution is 7.34. The molecule has 0 fully saturated rings. The minimum absolute atomic E-state index is 0.221. The van der Waals surface area contributed by atoms with Crippen LogP contribution in [0.4, 0.5) is 96.7 Å². The molecular formula is C100H71B3N6O3S2. The van der Waals surface area contributed by atoms with Crippen molar-refractivity contribution in [2.24, 2.45) is 0 Å². The van der Waals surface area contributed by atoms with Gasteiger partial charge in [-0.15, -0.1) is 22.7 Å². The van der Waals surface area contributed by atoms with Gasteiger partial charge in [-0.25, -0.2) is 0 Å². The molecule has 15 aromatic carbocycles. The van der Waals surface area contributed by atoms with Crippen LogP contribution in [0.3, 0.4) is 0 Å². The van der Waals surface area contributed by atoms with Gasteiger partial charge in [0.25, 0.3) is 20.1 Å². The zero-order valence-corrected chi connectivity index (χ0v) is 65.2. The predicted molar refractivity (Wildman–Crippen MR) is 482 cm³/mol. The van der Waals surface area contributed by atoms with Crippen molar-refractivity contribution >= 4 is 207 Å². The fourth-order valence-electron chi connectivity index (χ4n) is 19.6. The SMILES string of the molecule is Cc1cc(C)c(N2c3cc4c(cc3B3c5cc6c(cc5N(c5c(C)cc(C)cc5C)c5cc(N(c7ccccc7)c7ccccc7)cc2c53)Oc2cc(N(c3ccccc3)c3ccccc3)cc3c2B6c2sc5ccccc5c2O3)B2c3sc5ccccc5c3Oc3cc(N(c5ccccc5)c5ccccc5)cc(c32)N4)c(C)c1. The Morgan fingerprint density at radius 3 is 1.08 bits per heavy atom. The number of benzene rings is 15. The van der Waals surface area contributed by atoms with E-state index in [1.54, 1.807) is 0 Å². The third kappa shape index (κ3) is 10.1. The molecule has 9 nitrogen and oxygen atoms in total. The number of aryl methyl sites for hydroxylation is 6. The molecule has 6 aliphatic heterocycles. The molecular weight excluding hydrogens is 1430 g/mol. The summed E-state index contributed by atoms with van der Waals surface area (Å²) in [4.78, 5) is 12.4. The average Bonchev–Trinajstić information content (AvgIpc) is 0.770.